The van der Waals surface area contributed by atoms with Crippen LogP contribution < -0.4 is 14.8 Å². The monoisotopic (exact) mass is 545 g/mol. The molecule has 4 rings (SSSR count). The molecule has 10 heteroatoms. The molecule has 0 saturated carbocycles. The predicted molar refractivity (Wildman–Crippen MR) is 122 cm³/mol. The molecule has 2 aromatic carbocycles. The zero-order chi connectivity index (χ0) is 21.6. The molecule has 0 bridgehead atoms. The van der Waals surface area contributed by atoms with Gasteiger partial charge in [0.1, 0.15) is 11.5 Å². The van der Waals surface area contributed by atoms with Gasteiger partial charge in [0.05, 0.1) is 18.1 Å². The first kappa shape index (κ1) is 21.1. The van der Waals surface area contributed by atoms with Gasteiger partial charge in [0.25, 0.3) is 5.91 Å². The summed E-state index contributed by atoms with van der Waals surface area (Å²) in [5.41, 5.74) is 0.823. The number of halogens is 2. The molecule has 0 spiro atoms. The second-order valence-corrected chi connectivity index (χ2v) is 8.25. The number of hydrogen-bond donors (Lipinski definition) is 1. The van der Waals surface area contributed by atoms with Crippen molar-refractivity contribution in [2.75, 3.05) is 5.32 Å². The molecule has 2 aromatic heterocycles. The van der Waals surface area contributed by atoms with Crippen LogP contribution in [0, 0.1) is 0 Å². The van der Waals surface area contributed by atoms with E-state index in [0.717, 1.165) is 14.7 Å². The number of anilines is 1. The molecule has 158 valence electrons. The highest BCUT2D eigenvalue weighted by atomic mass is 79.9. The van der Waals surface area contributed by atoms with Crippen LogP contribution in [0.4, 0.5) is 5.69 Å². The Kier molecular flexibility index (Phi) is 6.68. The Labute approximate surface area is 195 Å². The first-order valence-corrected chi connectivity index (χ1v) is 10.8. The summed E-state index contributed by atoms with van der Waals surface area (Å²) in [4.78, 5) is 12.5. The Bertz CT molecular complexity index is 1160. The molecule has 2 heterocycles. The molecule has 0 unspecified atom stereocenters. The fourth-order valence-corrected chi connectivity index (χ4v) is 3.12. The lowest BCUT2D eigenvalue weighted by Gasteiger charge is -2.06. The third-order valence-corrected chi connectivity index (χ3v) is 5.18. The normalized spacial score (nSPS) is 10.6. The Hall–Kier alpha value is -3.11. The molecule has 0 aliphatic carbocycles. The molecule has 0 aliphatic rings. The molecule has 8 nitrogen and oxygen atoms in total. The third-order valence-electron chi connectivity index (χ3n) is 4.12. The topological polar surface area (TPSA) is 83.2 Å². The van der Waals surface area contributed by atoms with Crippen LogP contribution in [-0.4, -0.2) is 25.5 Å². The zero-order valence-electron chi connectivity index (χ0n) is 16.1. The smallest absolute Gasteiger partial charge is 0.276 e. The summed E-state index contributed by atoms with van der Waals surface area (Å²) >= 11 is 6.76. The minimum atomic E-state index is -0.337. The van der Waals surface area contributed by atoms with Gasteiger partial charge in [0.2, 0.25) is 0 Å². The lowest BCUT2D eigenvalue weighted by Crippen LogP contribution is -2.14. The van der Waals surface area contributed by atoms with Crippen LogP contribution in [-0.2, 0) is 13.5 Å². The average Bonchev–Trinajstić information content (AvgIpc) is 3.43. The van der Waals surface area contributed by atoms with Crippen LogP contribution in [0.3, 0.4) is 0 Å². The standard InChI is InChI=1S/C21H17Br2N5O3/c22-15-1-5-18(6-2-15)30-13-27-10-9-20(26-27)21(29)25-17-11-24-28(12-17)14-31-19-7-3-16(23)4-8-19/h1-12H,13-14H2,(H,25,29). The maximum atomic E-state index is 12.5. The van der Waals surface area contributed by atoms with Gasteiger partial charge in [-0.3, -0.25) is 4.79 Å². The van der Waals surface area contributed by atoms with E-state index in [0.29, 0.717) is 11.4 Å². The SMILES string of the molecule is O=C(Nc1cnn(COc2ccc(Br)cc2)c1)c1ccn(COc2ccc(Br)cc2)n1. The van der Waals surface area contributed by atoms with Gasteiger partial charge in [0.15, 0.2) is 19.2 Å². The van der Waals surface area contributed by atoms with Crippen LogP contribution in [0.15, 0.2) is 82.1 Å². The summed E-state index contributed by atoms with van der Waals surface area (Å²) in [6.07, 6.45) is 4.92. The van der Waals surface area contributed by atoms with Crippen molar-refractivity contribution in [3.05, 3.63) is 87.8 Å². The van der Waals surface area contributed by atoms with Gasteiger partial charge in [-0.05, 0) is 54.6 Å². The molecule has 0 saturated heterocycles. The van der Waals surface area contributed by atoms with Gasteiger partial charge < -0.3 is 14.8 Å². The van der Waals surface area contributed by atoms with E-state index in [4.69, 9.17) is 9.47 Å². The minimum Gasteiger partial charge on any atom is -0.471 e. The molecular formula is C21H17Br2N5O3. The van der Waals surface area contributed by atoms with E-state index in [1.165, 1.54) is 0 Å². The number of carbonyl (C=O) groups excluding carboxylic acids is 1. The van der Waals surface area contributed by atoms with Crippen LogP contribution in [0.25, 0.3) is 0 Å². The number of hydrogen-bond acceptors (Lipinski definition) is 5. The Morgan fingerprint density at radius 2 is 1.45 bits per heavy atom. The van der Waals surface area contributed by atoms with Gasteiger partial charge in [0, 0.05) is 15.1 Å². The van der Waals surface area contributed by atoms with E-state index in [2.05, 4.69) is 47.4 Å². The van der Waals surface area contributed by atoms with Crippen molar-refractivity contribution < 1.29 is 14.3 Å². The van der Waals surface area contributed by atoms with Gasteiger partial charge >= 0.3 is 0 Å². The van der Waals surface area contributed by atoms with Crippen molar-refractivity contribution in [1.82, 2.24) is 19.6 Å². The fraction of sp³-hybridized carbons (Fsp3) is 0.0952. The van der Waals surface area contributed by atoms with E-state index < -0.39 is 0 Å². The van der Waals surface area contributed by atoms with E-state index in [-0.39, 0.29) is 25.1 Å². The predicted octanol–water partition coefficient (Wildman–Crippen LogP) is 4.93. The fourth-order valence-electron chi connectivity index (χ4n) is 2.59. The van der Waals surface area contributed by atoms with E-state index in [1.54, 1.807) is 34.0 Å². The summed E-state index contributed by atoms with van der Waals surface area (Å²) in [5.74, 6) is 1.10. The Balaban J connectivity index is 1.28. The molecule has 0 radical (unpaired) electrons. The van der Waals surface area contributed by atoms with Crippen LogP contribution >= 0.6 is 31.9 Å². The molecule has 31 heavy (non-hydrogen) atoms. The minimum absolute atomic E-state index is 0.195. The number of rotatable bonds is 8. The van der Waals surface area contributed by atoms with Crippen molar-refractivity contribution in [2.45, 2.75) is 13.5 Å². The summed E-state index contributed by atoms with van der Waals surface area (Å²) < 4.78 is 16.4. The molecule has 1 amide bonds. The highest BCUT2D eigenvalue weighted by Gasteiger charge is 2.11. The summed E-state index contributed by atoms with van der Waals surface area (Å²) in [5, 5.41) is 11.2. The molecule has 0 aliphatic heterocycles. The Morgan fingerprint density at radius 3 is 2.06 bits per heavy atom. The van der Waals surface area contributed by atoms with Crippen LogP contribution in [0.1, 0.15) is 10.5 Å². The van der Waals surface area contributed by atoms with E-state index in [9.17, 15) is 4.79 Å². The van der Waals surface area contributed by atoms with Gasteiger partial charge in [-0.15, -0.1) is 0 Å². The lowest BCUT2D eigenvalue weighted by molar-refractivity contribution is 0.102. The largest absolute Gasteiger partial charge is 0.471 e. The zero-order valence-corrected chi connectivity index (χ0v) is 19.3. The van der Waals surface area contributed by atoms with E-state index in [1.807, 2.05) is 48.5 Å². The average molecular weight is 547 g/mol. The van der Waals surface area contributed by atoms with Crippen molar-refractivity contribution in [1.29, 1.82) is 0 Å². The maximum absolute atomic E-state index is 12.5. The number of carbonyl (C=O) groups is 1. The first-order valence-electron chi connectivity index (χ1n) is 9.19. The van der Waals surface area contributed by atoms with Crippen molar-refractivity contribution in [2.24, 2.45) is 0 Å². The number of nitrogens with one attached hydrogen (secondary N) is 1. The summed E-state index contributed by atoms with van der Waals surface area (Å²) in [6.45, 7) is 0.416. The number of nitrogens with zero attached hydrogens (tertiary/aromatic N) is 4. The van der Waals surface area contributed by atoms with Gasteiger partial charge in [-0.1, -0.05) is 31.9 Å². The number of benzene rings is 2. The van der Waals surface area contributed by atoms with Crippen LogP contribution in [0.5, 0.6) is 11.5 Å². The van der Waals surface area contributed by atoms with Crippen molar-refractivity contribution in [3.8, 4) is 11.5 Å². The molecule has 0 atom stereocenters. The van der Waals surface area contributed by atoms with Crippen LogP contribution in [0.2, 0.25) is 0 Å². The number of aromatic nitrogens is 4. The van der Waals surface area contributed by atoms with Gasteiger partial charge in [-0.25, -0.2) is 9.36 Å². The lowest BCUT2D eigenvalue weighted by atomic mass is 10.3. The maximum Gasteiger partial charge on any atom is 0.276 e. The molecular weight excluding hydrogens is 530 g/mol. The second-order valence-electron chi connectivity index (χ2n) is 6.42. The third kappa shape index (κ3) is 5.96. The summed E-state index contributed by atoms with van der Waals surface area (Å²) in [7, 11) is 0. The first-order chi connectivity index (χ1) is 15.0. The quantitative estimate of drug-likeness (QED) is 0.339. The van der Waals surface area contributed by atoms with E-state index >= 15 is 0 Å². The molecule has 0 fully saturated rings. The highest BCUT2D eigenvalue weighted by Crippen LogP contribution is 2.18. The number of amides is 1. The molecule has 4 aromatic rings. The van der Waals surface area contributed by atoms with Gasteiger partial charge in [-0.2, -0.15) is 10.2 Å². The Morgan fingerprint density at radius 1 is 0.871 bits per heavy atom. The van der Waals surface area contributed by atoms with Crippen molar-refractivity contribution >= 4 is 43.5 Å². The second kappa shape index (κ2) is 9.80. The highest BCUT2D eigenvalue weighted by molar-refractivity contribution is 9.10. The molecule has 1 N–H and O–H groups in total. The van der Waals surface area contributed by atoms with Crippen molar-refractivity contribution in [3.63, 3.8) is 0 Å². The number of ether oxygens (including phenoxy) is 2. The summed E-state index contributed by atoms with van der Waals surface area (Å²) in [6, 6.07) is 16.6.